The van der Waals surface area contributed by atoms with E-state index >= 15 is 0 Å². The first-order chi connectivity index (χ1) is 33.6. The highest BCUT2D eigenvalue weighted by Gasteiger charge is 2.17. The highest BCUT2D eigenvalue weighted by Crippen LogP contribution is 2.16. The van der Waals surface area contributed by atoms with Gasteiger partial charge in [0.25, 0.3) is 0 Å². The van der Waals surface area contributed by atoms with Gasteiger partial charge in [0.05, 0.1) is 6.61 Å². The number of hydrogen-bond acceptors (Lipinski definition) is 5. The predicted octanol–water partition coefficient (Wildman–Crippen LogP) is 20.0. The van der Waals surface area contributed by atoms with E-state index in [-0.39, 0.29) is 25.2 Å². The van der Waals surface area contributed by atoms with Crippen LogP contribution in [0.25, 0.3) is 0 Å². The first-order valence-electron chi connectivity index (χ1n) is 29.1. The van der Waals surface area contributed by atoms with Crippen molar-refractivity contribution in [2.24, 2.45) is 0 Å². The molecule has 392 valence electrons. The molecule has 68 heavy (non-hydrogen) atoms. The zero-order valence-corrected chi connectivity index (χ0v) is 45.1. The van der Waals surface area contributed by atoms with Crippen molar-refractivity contribution in [3.05, 3.63) is 85.1 Å². The van der Waals surface area contributed by atoms with Crippen LogP contribution in [0.2, 0.25) is 0 Å². The summed E-state index contributed by atoms with van der Waals surface area (Å²) >= 11 is 0. The molecule has 0 aromatic rings. The standard InChI is InChI=1S/C63H110O5/c1-4-7-10-13-16-19-22-25-28-30-32-33-36-38-41-44-47-50-53-56-62(64)67-60-61(68-63(65)57-54-51-48-45-42-39-35-27-24-21-18-15-12-9-6-3)59-66-58-55-52-49-46-43-40-37-34-31-29-26-23-20-17-14-11-8-5-2/h7,10,16,19,25,27-28,32-33,35,38,41,47,50,61H,4-6,8-9,11-15,17-18,20-24,26,29-31,34,36-37,39-40,42-46,48-49,51-60H2,1-3H3/b10-7-,19-16-,28-25-,33-32-,35-27-,41-38-,50-47-. The normalized spacial score (nSPS) is 12.8. The Kier molecular flexibility index (Phi) is 55.9. The summed E-state index contributed by atoms with van der Waals surface area (Å²) in [7, 11) is 0. The SMILES string of the molecule is CC/C=C\C/C=C\C/C=C\C/C=C\C/C=C\C/C=C\CCC(=O)OCC(COCCCCCCCCCCCCCCCCCCCC)OC(=O)CCCCCCC/C=C\CCCCCCCC. The maximum absolute atomic E-state index is 12.8. The molecule has 0 rings (SSSR count). The minimum Gasteiger partial charge on any atom is -0.462 e. The van der Waals surface area contributed by atoms with Gasteiger partial charge in [0, 0.05) is 19.4 Å². The topological polar surface area (TPSA) is 61.8 Å². The van der Waals surface area contributed by atoms with Gasteiger partial charge in [0.15, 0.2) is 6.10 Å². The average molecular weight is 948 g/mol. The minimum atomic E-state index is -0.573. The molecule has 5 nitrogen and oxygen atoms in total. The van der Waals surface area contributed by atoms with Gasteiger partial charge in [-0.2, -0.15) is 0 Å². The molecule has 1 atom stereocenters. The Labute approximate surface area is 422 Å². The summed E-state index contributed by atoms with van der Waals surface area (Å²) < 4.78 is 17.4. The lowest BCUT2D eigenvalue weighted by atomic mass is 10.0. The lowest BCUT2D eigenvalue weighted by Gasteiger charge is -2.18. The van der Waals surface area contributed by atoms with Crippen molar-refractivity contribution in [2.45, 2.75) is 284 Å². The van der Waals surface area contributed by atoms with Crippen molar-refractivity contribution in [2.75, 3.05) is 19.8 Å². The van der Waals surface area contributed by atoms with E-state index in [2.05, 4.69) is 99.8 Å². The summed E-state index contributed by atoms with van der Waals surface area (Å²) in [5.41, 5.74) is 0. The molecule has 0 saturated carbocycles. The summed E-state index contributed by atoms with van der Waals surface area (Å²) in [6, 6.07) is 0. The van der Waals surface area contributed by atoms with Crippen LogP contribution >= 0.6 is 0 Å². The molecule has 0 aliphatic carbocycles. The van der Waals surface area contributed by atoms with E-state index in [9.17, 15) is 9.59 Å². The number of hydrogen-bond donors (Lipinski definition) is 0. The van der Waals surface area contributed by atoms with Crippen molar-refractivity contribution in [1.82, 2.24) is 0 Å². The molecule has 0 bridgehead atoms. The van der Waals surface area contributed by atoms with Crippen LogP contribution in [0.1, 0.15) is 278 Å². The Morgan fingerprint density at radius 3 is 1.12 bits per heavy atom. The van der Waals surface area contributed by atoms with Crippen LogP contribution in [0, 0.1) is 0 Å². The van der Waals surface area contributed by atoms with Gasteiger partial charge in [-0.1, -0.05) is 266 Å². The fourth-order valence-corrected chi connectivity index (χ4v) is 8.12. The van der Waals surface area contributed by atoms with Crippen LogP contribution in [0.15, 0.2) is 85.1 Å². The summed E-state index contributed by atoms with van der Waals surface area (Å²) in [6.07, 6.45) is 77.6. The molecule has 0 spiro atoms. The number of rotatable bonds is 53. The summed E-state index contributed by atoms with van der Waals surface area (Å²) in [5.74, 6) is -0.496. The Hall–Kier alpha value is -2.92. The highest BCUT2D eigenvalue weighted by molar-refractivity contribution is 5.70. The number of esters is 2. The van der Waals surface area contributed by atoms with Crippen molar-refractivity contribution < 1.29 is 23.8 Å². The zero-order valence-electron chi connectivity index (χ0n) is 45.1. The molecule has 0 aromatic carbocycles. The monoisotopic (exact) mass is 947 g/mol. The molecule has 0 aliphatic rings. The Balaban J connectivity index is 4.37. The third-order valence-corrected chi connectivity index (χ3v) is 12.4. The van der Waals surface area contributed by atoms with Gasteiger partial charge in [-0.25, -0.2) is 0 Å². The van der Waals surface area contributed by atoms with Gasteiger partial charge >= 0.3 is 11.9 Å². The summed E-state index contributed by atoms with van der Waals surface area (Å²) in [4.78, 5) is 25.5. The fourth-order valence-electron chi connectivity index (χ4n) is 8.12. The van der Waals surface area contributed by atoms with Crippen LogP contribution < -0.4 is 0 Å². The Morgan fingerprint density at radius 1 is 0.338 bits per heavy atom. The van der Waals surface area contributed by atoms with Gasteiger partial charge in [-0.3, -0.25) is 9.59 Å². The van der Waals surface area contributed by atoms with E-state index < -0.39 is 6.10 Å². The number of carbonyl (C=O) groups excluding carboxylic acids is 2. The first-order valence-corrected chi connectivity index (χ1v) is 29.1. The second-order valence-corrected chi connectivity index (χ2v) is 19.2. The minimum absolute atomic E-state index is 0.0415. The third-order valence-electron chi connectivity index (χ3n) is 12.4. The maximum Gasteiger partial charge on any atom is 0.306 e. The highest BCUT2D eigenvalue weighted by atomic mass is 16.6. The lowest BCUT2D eigenvalue weighted by molar-refractivity contribution is -0.162. The van der Waals surface area contributed by atoms with Gasteiger partial charge in [0.1, 0.15) is 6.61 Å². The summed E-state index contributed by atoms with van der Waals surface area (Å²) in [5, 5.41) is 0. The molecule has 0 amide bonds. The average Bonchev–Trinajstić information content (AvgIpc) is 3.34. The van der Waals surface area contributed by atoms with E-state index in [1.165, 1.54) is 161 Å². The summed E-state index contributed by atoms with van der Waals surface area (Å²) in [6.45, 7) is 7.66. The van der Waals surface area contributed by atoms with Crippen LogP contribution in [0.5, 0.6) is 0 Å². The molecular weight excluding hydrogens is 837 g/mol. The van der Waals surface area contributed by atoms with E-state index in [1.54, 1.807) is 0 Å². The van der Waals surface area contributed by atoms with Gasteiger partial charge in [0.2, 0.25) is 0 Å². The Morgan fingerprint density at radius 2 is 0.691 bits per heavy atom. The second-order valence-electron chi connectivity index (χ2n) is 19.2. The molecule has 0 aromatic heterocycles. The number of unbranched alkanes of at least 4 members (excludes halogenated alkanes) is 28. The van der Waals surface area contributed by atoms with E-state index in [0.717, 1.165) is 77.0 Å². The molecule has 0 N–H and O–H groups in total. The van der Waals surface area contributed by atoms with E-state index in [0.29, 0.717) is 25.9 Å². The van der Waals surface area contributed by atoms with Crippen LogP contribution in [-0.4, -0.2) is 37.9 Å². The Bertz CT molecular complexity index is 1250. The van der Waals surface area contributed by atoms with Crippen molar-refractivity contribution >= 4 is 11.9 Å². The van der Waals surface area contributed by atoms with Crippen LogP contribution in [-0.2, 0) is 23.8 Å². The molecule has 0 heterocycles. The quantitative estimate of drug-likeness (QED) is 0.0345. The largest absolute Gasteiger partial charge is 0.462 e. The predicted molar refractivity (Wildman–Crippen MR) is 297 cm³/mol. The second kappa shape index (κ2) is 58.4. The molecule has 0 fully saturated rings. The van der Waals surface area contributed by atoms with Gasteiger partial charge in [-0.15, -0.1) is 0 Å². The molecule has 5 heteroatoms. The molecule has 0 radical (unpaired) electrons. The third kappa shape index (κ3) is 55.7. The number of allylic oxidation sites excluding steroid dienone is 14. The molecular formula is C63H110O5. The van der Waals surface area contributed by atoms with E-state index in [1.807, 2.05) is 6.08 Å². The van der Waals surface area contributed by atoms with Crippen molar-refractivity contribution in [3.8, 4) is 0 Å². The van der Waals surface area contributed by atoms with Crippen molar-refractivity contribution in [3.63, 3.8) is 0 Å². The van der Waals surface area contributed by atoms with E-state index in [4.69, 9.17) is 14.2 Å². The smallest absolute Gasteiger partial charge is 0.306 e. The van der Waals surface area contributed by atoms with Crippen LogP contribution in [0.4, 0.5) is 0 Å². The number of ether oxygens (including phenoxy) is 3. The zero-order chi connectivity index (χ0) is 49.2. The first kappa shape index (κ1) is 65.1. The van der Waals surface area contributed by atoms with Gasteiger partial charge in [-0.05, 0) is 83.5 Å². The molecule has 1 unspecified atom stereocenters. The van der Waals surface area contributed by atoms with Gasteiger partial charge < -0.3 is 14.2 Å². The van der Waals surface area contributed by atoms with Crippen LogP contribution in [0.3, 0.4) is 0 Å². The fraction of sp³-hybridized carbons (Fsp3) is 0.746. The maximum atomic E-state index is 12.8. The molecule has 0 aliphatic heterocycles. The molecule has 0 saturated heterocycles. The van der Waals surface area contributed by atoms with Crippen molar-refractivity contribution in [1.29, 1.82) is 0 Å². The lowest BCUT2D eigenvalue weighted by Crippen LogP contribution is -2.30. The number of carbonyl (C=O) groups is 2.